The lowest BCUT2D eigenvalue weighted by atomic mass is 9.84. The number of sulfone groups is 1. The van der Waals surface area contributed by atoms with Crippen LogP contribution in [0, 0.1) is 5.92 Å². The zero-order valence-electron chi connectivity index (χ0n) is 35.6. The number of rotatable bonds is 17. The van der Waals surface area contributed by atoms with Gasteiger partial charge in [0.2, 0.25) is 0 Å². The van der Waals surface area contributed by atoms with Crippen LogP contribution in [0.1, 0.15) is 41.3 Å². The summed E-state index contributed by atoms with van der Waals surface area (Å²) in [6.45, 7) is 2.66. The van der Waals surface area contributed by atoms with Gasteiger partial charge in [-0.25, -0.2) is 21.6 Å². The highest BCUT2D eigenvalue weighted by atomic mass is 35.5. The van der Waals surface area contributed by atoms with Gasteiger partial charge in [0.05, 0.1) is 42.5 Å². The van der Waals surface area contributed by atoms with E-state index in [4.69, 9.17) is 16.3 Å². The minimum Gasteiger partial charge on any atom is -0.395 e. The number of aliphatic hydroxyl groups is 2. The van der Waals surface area contributed by atoms with Crippen LogP contribution < -0.4 is 14.9 Å². The van der Waals surface area contributed by atoms with Crippen molar-refractivity contribution in [3.05, 3.63) is 137 Å². The molecule has 2 saturated heterocycles. The standard InChI is InChI=1S/C47H50ClF3N4O8S3/c48-35-14-10-32(11-15-35)41-8-4-5-9-42(41)45(57)33-20-23-54(24-21-33)37-16-12-34(13-17-37)46(58)53-66(61,62)40-18-19-43(44(28-40)65(59,60)47(49,50)51)52-36(31-64-39-6-2-1-3-7-39)22-25-55-26-27-63-30-38(55)29-56/h1-19,28,33,36,38,45,52,56-57H,20-27,29-31H2,(H,53,58)/t36-,38+,45-/m0/s1. The molecule has 2 heterocycles. The molecule has 0 unspecified atom stereocenters. The number of ether oxygens (including phenoxy) is 1. The first kappa shape index (κ1) is 49.3. The van der Waals surface area contributed by atoms with Crippen molar-refractivity contribution in [1.82, 2.24) is 9.62 Å². The number of carbonyl (C=O) groups is 1. The fraction of sp³-hybridized carbons (Fsp3) is 0.340. The van der Waals surface area contributed by atoms with E-state index in [9.17, 15) is 45.0 Å². The van der Waals surface area contributed by atoms with Crippen LogP contribution in [0.25, 0.3) is 11.1 Å². The number of piperidine rings is 1. The van der Waals surface area contributed by atoms with Crippen LogP contribution >= 0.6 is 23.4 Å². The molecule has 5 aromatic carbocycles. The maximum Gasteiger partial charge on any atom is 0.501 e. The number of nitrogens with zero attached hydrogens (tertiary/aromatic N) is 2. The molecule has 19 heteroatoms. The molecule has 352 valence electrons. The van der Waals surface area contributed by atoms with Crippen molar-refractivity contribution in [3.8, 4) is 11.1 Å². The lowest BCUT2D eigenvalue weighted by Gasteiger charge is -2.36. The molecular weight excluding hydrogens is 937 g/mol. The van der Waals surface area contributed by atoms with E-state index in [1.165, 1.54) is 23.9 Å². The summed E-state index contributed by atoms with van der Waals surface area (Å²) in [6.07, 6.45) is 0.948. The summed E-state index contributed by atoms with van der Waals surface area (Å²) >= 11 is 7.49. The number of anilines is 2. The number of benzene rings is 5. The molecule has 12 nitrogen and oxygen atoms in total. The zero-order valence-corrected chi connectivity index (χ0v) is 38.8. The van der Waals surface area contributed by atoms with E-state index in [2.05, 4.69) is 10.2 Å². The van der Waals surface area contributed by atoms with Crippen LogP contribution in [0.15, 0.2) is 136 Å². The summed E-state index contributed by atoms with van der Waals surface area (Å²) < 4.78 is 103. The third-order valence-corrected chi connectivity index (χ3v) is 16.2. The second-order valence-electron chi connectivity index (χ2n) is 16.2. The van der Waals surface area contributed by atoms with Gasteiger partial charge in [-0.2, -0.15) is 13.2 Å². The van der Waals surface area contributed by atoms with Crippen molar-refractivity contribution in [3.63, 3.8) is 0 Å². The van der Waals surface area contributed by atoms with Crippen LogP contribution in [0.2, 0.25) is 5.02 Å². The van der Waals surface area contributed by atoms with E-state index < -0.39 is 58.9 Å². The van der Waals surface area contributed by atoms with Gasteiger partial charge < -0.3 is 25.2 Å². The molecule has 2 aliphatic rings. The van der Waals surface area contributed by atoms with Gasteiger partial charge in [0, 0.05) is 59.1 Å². The van der Waals surface area contributed by atoms with Crippen LogP contribution in [-0.4, -0.2) is 107 Å². The summed E-state index contributed by atoms with van der Waals surface area (Å²) in [5.74, 6) is -0.810. The highest BCUT2D eigenvalue weighted by molar-refractivity contribution is 7.99. The molecule has 5 aromatic rings. The number of sulfonamides is 1. The summed E-state index contributed by atoms with van der Waals surface area (Å²) in [5.41, 5.74) is -2.86. The zero-order chi connectivity index (χ0) is 47.1. The van der Waals surface area contributed by atoms with E-state index in [-0.39, 0.29) is 24.1 Å². The number of hydrogen-bond donors (Lipinski definition) is 4. The summed E-state index contributed by atoms with van der Waals surface area (Å²) in [4.78, 5) is 16.1. The van der Waals surface area contributed by atoms with Crippen molar-refractivity contribution >= 4 is 60.5 Å². The second kappa shape index (κ2) is 21.5. The Hall–Kier alpha value is -4.66. The highest BCUT2D eigenvalue weighted by Gasteiger charge is 2.48. The first-order valence-electron chi connectivity index (χ1n) is 21.3. The van der Waals surface area contributed by atoms with E-state index in [0.717, 1.165) is 39.4 Å². The van der Waals surface area contributed by atoms with E-state index in [1.54, 1.807) is 12.1 Å². The van der Waals surface area contributed by atoms with Gasteiger partial charge >= 0.3 is 5.51 Å². The fourth-order valence-corrected chi connectivity index (χ4v) is 11.3. The van der Waals surface area contributed by atoms with Gasteiger partial charge in [-0.05, 0) is 109 Å². The van der Waals surface area contributed by atoms with E-state index in [1.807, 2.05) is 88.5 Å². The molecule has 2 aliphatic heterocycles. The van der Waals surface area contributed by atoms with Gasteiger partial charge in [0.25, 0.3) is 25.8 Å². The number of morpholine rings is 1. The molecule has 0 radical (unpaired) electrons. The molecule has 3 atom stereocenters. The number of hydrogen-bond acceptors (Lipinski definition) is 12. The Kier molecular flexibility index (Phi) is 16.1. The van der Waals surface area contributed by atoms with Gasteiger partial charge in [-0.1, -0.05) is 66.2 Å². The lowest BCUT2D eigenvalue weighted by Crippen LogP contribution is -2.48. The van der Waals surface area contributed by atoms with Crippen LogP contribution in [0.4, 0.5) is 24.5 Å². The Balaban J connectivity index is 1.03. The van der Waals surface area contributed by atoms with E-state index in [0.29, 0.717) is 75.5 Å². The fourth-order valence-electron chi connectivity index (χ4n) is 8.18. The average molecular weight is 988 g/mol. The molecule has 0 saturated carbocycles. The Bertz CT molecular complexity index is 2660. The van der Waals surface area contributed by atoms with Crippen molar-refractivity contribution in [1.29, 1.82) is 0 Å². The minimum atomic E-state index is -6.11. The number of aliphatic hydroxyl groups excluding tert-OH is 2. The van der Waals surface area contributed by atoms with Crippen molar-refractivity contribution < 1.29 is 49.8 Å². The molecule has 0 bridgehead atoms. The molecule has 2 fully saturated rings. The maximum absolute atomic E-state index is 14.2. The molecular formula is C47H50ClF3N4O8S3. The number of alkyl halides is 3. The first-order chi connectivity index (χ1) is 31.5. The lowest BCUT2D eigenvalue weighted by molar-refractivity contribution is -0.0435. The molecule has 66 heavy (non-hydrogen) atoms. The maximum atomic E-state index is 14.2. The Labute approximate surface area is 392 Å². The van der Waals surface area contributed by atoms with Crippen LogP contribution in [0.3, 0.4) is 0 Å². The summed E-state index contributed by atoms with van der Waals surface area (Å²) in [6, 6.07) is 31.9. The van der Waals surface area contributed by atoms with Gasteiger partial charge in [-0.3, -0.25) is 9.69 Å². The largest absolute Gasteiger partial charge is 0.501 e. The predicted molar refractivity (Wildman–Crippen MR) is 250 cm³/mol. The van der Waals surface area contributed by atoms with Crippen LogP contribution in [-0.2, 0) is 24.6 Å². The number of nitrogens with one attached hydrogen (secondary N) is 2. The van der Waals surface area contributed by atoms with Crippen molar-refractivity contribution in [2.75, 3.05) is 62.0 Å². The molecule has 1 amide bonds. The van der Waals surface area contributed by atoms with Crippen molar-refractivity contribution in [2.45, 2.75) is 57.6 Å². The van der Waals surface area contributed by atoms with Gasteiger partial charge in [0.15, 0.2) is 0 Å². The molecule has 0 spiro atoms. The number of thioether (sulfide) groups is 1. The minimum absolute atomic E-state index is 0.0256. The molecule has 4 N–H and O–H groups in total. The average Bonchev–Trinajstić information content (AvgIpc) is 3.32. The van der Waals surface area contributed by atoms with Crippen LogP contribution in [0.5, 0.6) is 0 Å². The number of carbonyl (C=O) groups excluding carboxylic acids is 1. The second-order valence-corrected chi connectivity index (χ2v) is 21.3. The number of halogens is 4. The smallest absolute Gasteiger partial charge is 0.395 e. The summed E-state index contributed by atoms with van der Waals surface area (Å²) in [7, 11) is -11.0. The predicted octanol–water partition coefficient (Wildman–Crippen LogP) is 8.03. The summed E-state index contributed by atoms with van der Waals surface area (Å²) in [5, 5.41) is 24.9. The molecule has 0 aromatic heterocycles. The molecule has 0 aliphatic carbocycles. The normalized spacial score (nSPS) is 17.5. The first-order valence-corrected chi connectivity index (χ1v) is 25.6. The molecule has 7 rings (SSSR count). The SMILES string of the molecule is O=C(NS(=O)(=O)c1ccc(N[C@@H](CCN2CCOC[C@H]2CO)CSc2ccccc2)c(S(=O)(=O)C(F)(F)F)c1)c1ccc(N2CCC([C@H](O)c3ccccc3-c3ccc(Cl)cc3)CC2)cc1. The third kappa shape index (κ3) is 11.9. The quantitative estimate of drug-likeness (QED) is 0.0665. The Morgan fingerprint density at radius 3 is 2.24 bits per heavy atom. The van der Waals surface area contributed by atoms with Gasteiger partial charge in [-0.15, -0.1) is 11.8 Å². The number of amides is 1. The van der Waals surface area contributed by atoms with E-state index >= 15 is 0 Å². The Morgan fingerprint density at radius 2 is 1.56 bits per heavy atom. The Morgan fingerprint density at radius 1 is 0.879 bits per heavy atom. The van der Waals surface area contributed by atoms with Crippen molar-refractivity contribution in [2.24, 2.45) is 5.92 Å². The third-order valence-electron chi connectivity index (χ3n) is 11.9. The highest BCUT2D eigenvalue weighted by Crippen LogP contribution is 2.39. The topological polar surface area (TPSA) is 166 Å². The van der Waals surface area contributed by atoms with Gasteiger partial charge in [0.1, 0.15) is 4.90 Å². The monoisotopic (exact) mass is 986 g/mol.